The summed E-state index contributed by atoms with van der Waals surface area (Å²) in [7, 11) is 0. The van der Waals surface area contributed by atoms with E-state index in [1.165, 1.54) is 0 Å². The van der Waals surface area contributed by atoms with Gasteiger partial charge in [0, 0.05) is 6.42 Å². The summed E-state index contributed by atoms with van der Waals surface area (Å²) in [5, 5.41) is 12.6. The van der Waals surface area contributed by atoms with Gasteiger partial charge in [-0.05, 0) is 41.0 Å². The number of nitrogens with one attached hydrogen (secondary N) is 1. The van der Waals surface area contributed by atoms with Crippen molar-refractivity contribution in [3.05, 3.63) is 101 Å². The van der Waals surface area contributed by atoms with E-state index in [1.807, 2.05) is 30.3 Å². The monoisotopic (exact) mass is 472 g/mol. The number of hydrogen-bond acceptors (Lipinski definition) is 4. The van der Waals surface area contributed by atoms with Crippen molar-refractivity contribution < 1.29 is 32.6 Å². The molecule has 0 saturated carbocycles. The van der Waals surface area contributed by atoms with Crippen molar-refractivity contribution in [2.45, 2.75) is 31.3 Å². The molecule has 2 amide bonds. The van der Waals surface area contributed by atoms with Gasteiger partial charge in [0.05, 0.1) is 5.56 Å². The summed E-state index contributed by atoms with van der Waals surface area (Å²) in [4.78, 5) is 24.4. The molecule has 178 valence electrons. The van der Waals surface area contributed by atoms with Gasteiger partial charge >= 0.3 is 6.18 Å². The number of halogens is 3. The van der Waals surface area contributed by atoms with Gasteiger partial charge in [0.2, 0.25) is 5.91 Å². The molecule has 0 aliphatic carbocycles. The second-order valence-electron chi connectivity index (χ2n) is 7.61. The molecule has 3 rings (SSSR count). The van der Waals surface area contributed by atoms with E-state index >= 15 is 0 Å². The minimum atomic E-state index is -4.54. The van der Waals surface area contributed by atoms with Crippen molar-refractivity contribution in [3.63, 3.8) is 0 Å². The number of hydrogen-bond donors (Lipinski definition) is 3. The highest BCUT2D eigenvalue weighted by Gasteiger charge is 2.31. The van der Waals surface area contributed by atoms with Gasteiger partial charge in [0.25, 0.3) is 5.91 Å². The molecule has 3 aromatic rings. The summed E-state index contributed by atoms with van der Waals surface area (Å²) in [6, 6.07) is 18.8. The predicted octanol–water partition coefficient (Wildman–Crippen LogP) is 3.53. The molecule has 2 atom stereocenters. The Morgan fingerprint density at radius 1 is 0.941 bits per heavy atom. The van der Waals surface area contributed by atoms with E-state index in [1.54, 1.807) is 24.3 Å². The van der Waals surface area contributed by atoms with Crippen LogP contribution in [0.4, 0.5) is 13.2 Å². The summed E-state index contributed by atoms with van der Waals surface area (Å²) in [6.07, 6.45) is -6.28. The summed E-state index contributed by atoms with van der Waals surface area (Å²) in [5.41, 5.74) is 6.09. The van der Waals surface area contributed by atoms with Crippen LogP contribution in [0, 0.1) is 0 Å². The van der Waals surface area contributed by atoms with Crippen LogP contribution in [0.1, 0.15) is 28.4 Å². The average Bonchev–Trinajstić information content (AvgIpc) is 2.82. The number of alkyl halides is 3. The van der Waals surface area contributed by atoms with Gasteiger partial charge in [-0.1, -0.05) is 54.6 Å². The van der Waals surface area contributed by atoms with Crippen molar-refractivity contribution in [3.8, 4) is 5.75 Å². The van der Waals surface area contributed by atoms with Crippen LogP contribution in [0.3, 0.4) is 0 Å². The van der Waals surface area contributed by atoms with E-state index in [0.717, 1.165) is 29.8 Å². The van der Waals surface area contributed by atoms with Crippen LogP contribution in [-0.4, -0.2) is 23.0 Å². The van der Waals surface area contributed by atoms with E-state index in [-0.39, 0.29) is 12.0 Å². The number of benzene rings is 3. The normalized spacial score (nSPS) is 13.1. The third kappa shape index (κ3) is 6.82. The Bertz CT molecular complexity index is 1120. The fourth-order valence-electron chi connectivity index (χ4n) is 3.22. The number of ether oxygens (including phenoxy) is 1. The Hall–Kier alpha value is -3.85. The highest BCUT2D eigenvalue weighted by molar-refractivity contribution is 5.89. The van der Waals surface area contributed by atoms with E-state index in [0.29, 0.717) is 17.9 Å². The number of rotatable bonds is 9. The van der Waals surface area contributed by atoms with Crippen molar-refractivity contribution in [1.29, 1.82) is 0 Å². The largest absolute Gasteiger partial charge is 0.489 e. The topological polar surface area (TPSA) is 102 Å². The molecule has 0 spiro atoms. The number of aliphatic hydroxyl groups excluding tert-OH is 1. The van der Waals surface area contributed by atoms with Gasteiger partial charge in [-0.3, -0.25) is 9.59 Å². The molecule has 0 aliphatic rings. The van der Waals surface area contributed by atoms with Gasteiger partial charge in [-0.2, -0.15) is 13.2 Å². The second kappa shape index (κ2) is 10.8. The highest BCUT2D eigenvalue weighted by atomic mass is 19.4. The van der Waals surface area contributed by atoms with Crippen LogP contribution >= 0.6 is 0 Å². The first kappa shape index (κ1) is 24.8. The Kier molecular flexibility index (Phi) is 7.91. The Morgan fingerprint density at radius 3 is 2.21 bits per heavy atom. The maximum atomic E-state index is 12.7. The smallest absolute Gasteiger partial charge is 0.416 e. The van der Waals surface area contributed by atoms with Crippen molar-refractivity contribution in [2.24, 2.45) is 5.73 Å². The third-order valence-corrected chi connectivity index (χ3v) is 5.05. The van der Waals surface area contributed by atoms with Crippen LogP contribution in [-0.2, 0) is 28.8 Å². The van der Waals surface area contributed by atoms with E-state index in [9.17, 15) is 27.9 Å². The van der Waals surface area contributed by atoms with Gasteiger partial charge in [0.1, 0.15) is 18.4 Å². The minimum Gasteiger partial charge on any atom is -0.489 e. The van der Waals surface area contributed by atoms with Crippen LogP contribution in [0.25, 0.3) is 0 Å². The van der Waals surface area contributed by atoms with Gasteiger partial charge < -0.3 is 20.9 Å². The minimum absolute atomic E-state index is 0.0311. The number of primary amides is 1. The van der Waals surface area contributed by atoms with Crippen LogP contribution in [0.15, 0.2) is 78.9 Å². The van der Waals surface area contributed by atoms with Crippen LogP contribution in [0.5, 0.6) is 5.75 Å². The molecule has 34 heavy (non-hydrogen) atoms. The lowest BCUT2D eigenvalue weighted by molar-refractivity contribution is -0.137. The molecular formula is C25H23F3N2O4. The molecule has 0 saturated heterocycles. The highest BCUT2D eigenvalue weighted by Crippen LogP contribution is 2.30. The maximum Gasteiger partial charge on any atom is 0.416 e. The lowest BCUT2D eigenvalue weighted by Crippen LogP contribution is -2.47. The first-order chi connectivity index (χ1) is 16.1. The zero-order chi connectivity index (χ0) is 24.7. The Morgan fingerprint density at radius 2 is 1.59 bits per heavy atom. The van der Waals surface area contributed by atoms with Crippen molar-refractivity contribution in [2.75, 3.05) is 0 Å². The van der Waals surface area contributed by atoms with E-state index in [4.69, 9.17) is 10.5 Å². The van der Waals surface area contributed by atoms with Crippen LogP contribution < -0.4 is 15.8 Å². The van der Waals surface area contributed by atoms with Crippen molar-refractivity contribution in [1.82, 2.24) is 5.32 Å². The maximum absolute atomic E-state index is 12.7. The molecule has 0 fully saturated rings. The molecule has 0 radical (unpaired) electrons. The number of carbonyl (C=O) groups excluding carboxylic acids is 2. The van der Waals surface area contributed by atoms with Gasteiger partial charge in [-0.25, -0.2) is 0 Å². The molecule has 0 aromatic heterocycles. The molecular weight excluding hydrogens is 449 g/mol. The number of nitrogens with two attached hydrogens (primary N) is 1. The quantitative estimate of drug-likeness (QED) is 0.444. The number of aliphatic hydroxyl groups is 1. The number of carbonyl (C=O) groups is 2. The third-order valence-electron chi connectivity index (χ3n) is 5.05. The zero-order valence-electron chi connectivity index (χ0n) is 18.0. The number of amides is 2. The Balaban J connectivity index is 1.63. The fourth-order valence-corrected chi connectivity index (χ4v) is 3.22. The molecule has 0 aliphatic heterocycles. The predicted molar refractivity (Wildman–Crippen MR) is 118 cm³/mol. The molecule has 6 nitrogen and oxygen atoms in total. The molecule has 4 N–H and O–H groups in total. The molecule has 9 heteroatoms. The first-order valence-electron chi connectivity index (χ1n) is 10.3. The standard InChI is InChI=1S/C25H23F3N2O4/c26-25(27,28)19-11-9-18(10-12-19)22(31)24(33)30-21(23(29)32)14-17-7-4-8-20(13-17)34-15-16-5-2-1-3-6-16/h1-13,21-22,31H,14-15H2,(H2,29,32)(H,30,33)/t21-,22+/m0/s1. The SMILES string of the molecule is NC(=O)[C@H](Cc1cccc(OCc2ccccc2)c1)NC(=O)[C@H](O)c1ccc(C(F)(F)F)cc1. The Labute approximate surface area is 194 Å². The summed E-state index contributed by atoms with van der Waals surface area (Å²) in [5.74, 6) is -1.23. The molecule has 3 aromatic carbocycles. The summed E-state index contributed by atoms with van der Waals surface area (Å²) in [6.45, 7) is 0.347. The second-order valence-corrected chi connectivity index (χ2v) is 7.61. The van der Waals surface area contributed by atoms with Crippen LogP contribution in [0.2, 0.25) is 0 Å². The lowest BCUT2D eigenvalue weighted by Gasteiger charge is -2.19. The average molecular weight is 472 g/mol. The van der Waals surface area contributed by atoms with Gasteiger partial charge in [0.15, 0.2) is 6.10 Å². The molecule has 0 heterocycles. The summed E-state index contributed by atoms with van der Waals surface area (Å²) >= 11 is 0. The first-order valence-corrected chi connectivity index (χ1v) is 10.3. The van der Waals surface area contributed by atoms with Crippen molar-refractivity contribution >= 4 is 11.8 Å². The summed E-state index contributed by atoms with van der Waals surface area (Å²) < 4.78 is 43.9. The molecule has 0 unspecified atom stereocenters. The lowest BCUT2D eigenvalue weighted by atomic mass is 10.0. The fraction of sp³-hybridized carbons (Fsp3) is 0.200. The van der Waals surface area contributed by atoms with Gasteiger partial charge in [-0.15, -0.1) is 0 Å². The molecule has 0 bridgehead atoms. The van der Waals surface area contributed by atoms with E-state index in [2.05, 4.69) is 5.32 Å². The van der Waals surface area contributed by atoms with E-state index < -0.39 is 35.7 Å². The zero-order valence-corrected chi connectivity index (χ0v) is 18.0.